The average molecular weight is 393 g/mol. The number of nitrogens with two attached hydrogens (primary N) is 1. The number of primary amides is 1. The molecule has 2 aromatic heterocycles. The van der Waals surface area contributed by atoms with Gasteiger partial charge < -0.3 is 11.1 Å². The van der Waals surface area contributed by atoms with Crippen molar-refractivity contribution in [2.45, 2.75) is 24.8 Å². The van der Waals surface area contributed by atoms with E-state index in [9.17, 15) is 14.0 Å². The number of carbonyl (C=O) groups is 2. The van der Waals surface area contributed by atoms with Crippen LogP contribution in [-0.2, 0) is 9.59 Å². The Morgan fingerprint density at radius 1 is 1.28 bits per heavy atom. The van der Waals surface area contributed by atoms with Gasteiger partial charge in [-0.05, 0) is 36.1 Å². The van der Waals surface area contributed by atoms with Crippen molar-refractivity contribution in [3.05, 3.63) is 66.6 Å². The van der Waals surface area contributed by atoms with Gasteiger partial charge in [-0.1, -0.05) is 12.1 Å². The minimum absolute atomic E-state index is 0.0708. The fourth-order valence-corrected chi connectivity index (χ4v) is 3.67. The summed E-state index contributed by atoms with van der Waals surface area (Å²) in [6, 6.07) is 8.69. The van der Waals surface area contributed by atoms with Gasteiger partial charge in [-0.3, -0.25) is 14.2 Å². The zero-order valence-corrected chi connectivity index (χ0v) is 15.6. The normalized spacial score (nSPS) is 18.7. The summed E-state index contributed by atoms with van der Waals surface area (Å²) in [5, 5.41) is 3.21. The third-order valence-corrected chi connectivity index (χ3v) is 5.22. The molecule has 4 rings (SSSR count). The summed E-state index contributed by atoms with van der Waals surface area (Å²) in [5.74, 6) is -1.05. The van der Waals surface area contributed by atoms with Gasteiger partial charge in [-0.15, -0.1) is 0 Å². The number of ketones is 1. The summed E-state index contributed by atoms with van der Waals surface area (Å²) in [5.41, 5.74) is 7.03. The lowest BCUT2D eigenvalue weighted by molar-refractivity contribution is -0.136. The summed E-state index contributed by atoms with van der Waals surface area (Å²) in [6.45, 7) is 0.622. The third kappa shape index (κ3) is 4.07. The lowest BCUT2D eigenvalue weighted by atomic mass is 9.93. The van der Waals surface area contributed by atoms with E-state index >= 15 is 0 Å². The number of hydrogen-bond donors (Lipinski definition) is 2. The largest absolute Gasteiger partial charge is 0.363 e. The highest BCUT2D eigenvalue weighted by Gasteiger charge is 2.28. The maximum absolute atomic E-state index is 14.8. The van der Waals surface area contributed by atoms with Crippen LogP contribution in [0.4, 0.5) is 4.39 Å². The van der Waals surface area contributed by atoms with Crippen LogP contribution in [0.2, 0.25) is 0 Å². The predicted octanol–water partition coefficient (Wildman–Crippen LogP) is 1.96. The molecule has 0 saturated carbocycles. The minimum Gasteiger partial charge on any atom is -0.363 e. The SMILES string of the molecule is NC(=O)C(=O)CC1C[C@@H](c2ccc(-c3ccc(-n4ccnc4)nc3)c(F)c2)CN1. The number of benzene rings is 1. The van der Waals surface area contributed by atoms with Crippen LogP contribution in [0.5, 0.6) is 0 Å². The number of nitrogens with one attached hydrogen (secondary N) is 1. The molecule has 3 aromatic rings. The highest BCUT2D eigenvalue weighted by Crippen LogP contribution is 2.31. The first-order valence-electron chi connectivity index (χ1n) is 9.31. The molecule has 0 bridgehead atoms. The maximum atomic E-state index is 14.8. The van der Waals surface area contributed by atoms with E-state index in [0.29, 0.717) is 29.9 Å². The van der Waals surface area contributed by atoms with Crippen LogP contribution in [-0.4, -0.2) is 38.8 Å². The van der Waals surface area contributed by atoms with Crippen LogP contribution in [0.25, 0.3) is 16.9 Å². The molecule has 29 heavy (non-hydrogen) atoms. The number of nitrogens with zero attached hydrogens (tertiary/aromatic N) is 3. The van der Waals surface area contributed by atoms with Crippen molar-refractivity contribution >= 4 is 11.7 Å². The number of imidazole rings is 1. The zero-order chi connectivity index (χ0) is 20.4. The molecular formula is C21H20FN5O2. The first-order valence-corrected chi connectivity index (χ1v) is 9.31. The Labute approximate surface area is 166 Å². The van der Waals surface area contributed by atoms with Crippen molar-refractivity contribution in [2.75, 3.05) is 6.54 Å². The molecule has 1 aliphatic rings. The number of carbonyl (C=O) groups excluding carboxylic acids is 2. The molecule has 1 amide bonds. The van der Waals surface area contributed by atoms with E-state index in [4.69, 9.17) is 5.73 Å². The van der Waals surface area contributed by atoms with Crippen molar-refractivity contribution in [3.63, 3.8) is 0 Å². The van der Waals surface area contributed by atoms with Crippen molar-refractivity contribution < 1.29 is 14.0 Å². The number of rotatable bonds is 6. The van der Waals surface area contributed by atoms with Gasteiger partial charge in [-0.25, -0.2) is 14.4 Å². The molecule has 1 aliphatic heterocycles. The van der Waals surface area contributed by atoms with Crippen LogP contribution in [0.1, 0.15) is 24.3 Å². The van der Waals surface area contributed by atoms with E-state index in [2.05, 4.69) is 15.3 Å². The number of hydrogen-bond acceptors (Lipinski definition) is 5. The van der Waals surface area contributed by atoms with Crippen LogP contribution < -0.4 is 11.1 Å². The lowest BCUT2D eigenvalue weighted by Crippen LogP contribution is -2.31. The number of amides is 1. The molecule has 2 atom stereocenters. The molecule has 8 heteroatoms. The van der Waals surface area contributed by atoms with Gasteiger partial charge in [-0.2, -0.15) is 0 Å². The molecule has 1 unspecified atom stereocenters. The quantitative estimate of drug-likeness (QED) is 0.623. The van der Waals surface area contributed by atoms with E-state index in [1.54, 1.807) is 35.6 Å². The molecule has 0 radical (unpaired) electrons. The molecule has 0 spiro atoms. The summed E-state index contributed by atoms with van der Waals surface area (Å²) in [7, 11) is 0. The predicted molar refractivity (Wildman–Crippen MR) is 105 cm³/mol. The first-order chi connectivity index (χ1) is 14.0. The van der Waals surface area contributed by atoms with E-state index in [1.165, 1.54) is 6.07 Å². The molecule has 148 valence electrons. The van der Waals surface area contributed by atoms with Gasteiger partial charge >= 0.3 is 0 Å². The standard InChI is InChI=1S/C21H20FN5O2/c22-18-8-13(15-7-16(25-11-15)9-19(28)21(23)29)1-3-17(18)14-2-4-20(26-10-14)27-6-5-24-12-27/h1-6,8,10,12,15-16,25H,7,9,11H2,(H2,23,29)/t15-,16?/m1/s1. The average Bonchev–Trinajstić information content (AvgIpc) is 3.40. The summed E-state index contributed by atoms with van der Waals surface area (Å²) < 4.78 is 16.6. The second-order valence-electron chi connectivity index (χ2n) is 7.14. The lowest BCUT2D eigenvalue weighted by Gasteiger charge is -2.12. The van der Waals surface area contributed by atoms with Crippen molar-refractivity contribution in [1.29, 1.82) is 0 Å². The summed E-state index contributed by atoms with van der Waals surface area (Å²) >= 11 is 0. The molecule has 7 nitrogen and oxygen atoms in total. The van der Waals surface area contributed by atoms with Crippen LogP contribution in [0.15, 0.2) is 55.2 Å². The van der Waals surface area contributed by atoms with E-state index in [1.807, 2.05) is 18.2 Å². The minimum atomic E-state index is -0.918. The maximum Gasteiger partial charge on any atom is 0.284 e. The Morgan fingerprint density at radius 2 is 2.14 bits per heavy atom. The van der Waals surface area contributed by atoms with Crippen LogP contribution in [0.3, 0.4) is 0 Å². The highest BCUT2D eigenvalue weighted by atomic mass is 19.1. The van der Waals surface area contributed by atoms with Gasteiger partial charge in [0.2, 0.25) is 5.78 Å². The second-order valence-corrected chi connectivity index (χ2v) is 7.14. The van der Waals surface area contributed by atoms with Crippen LogP contribution >= 0.6 is 0 Å². The Bertz CT molecular complexity index is 1030. The van der Waals surface area contributed by atoms with Gasteiger partial charge in [0.15, 0.2) is 0 Å². The molecule has 1 aromatic carbocycles. The smallest absolute Gasteiger partial charge is 0.284 e. The third-order valence-electron chi connectivity index (χ3n) is 5.22. The zero-order valence-electron chi connectivity index (χ0n) is 15.6. The van der Waals surface area contributed by atoms with Crippen molar-refractivity contribution in [2.24, 2.45) is 5.73 Å². The fraction of sp³-hybridized carbons (Fsp3) is 0.238. The molecule has 1 fully saturated rings. The number of halogens is 1. The molecular weight excluding hydrogens is 373 g/mol. The van der Waals surface area contributed by atoms with E-state index in [-0.39, 0.29) is 24.2 Å². The first kappa shape index (κ1) is 18.9. The summed E-state index contributed by atoms with van der Waals surface area (Å²) in [6.07, 6.45) is 7.46. The molecule has 0 aliphatic carbocycles. The Balaban J connectivity index is 1.47. The molecule has 3 heterocycles. The Hall–Kier alpha value is -3.39. The van der Waals surface area contributed by atoms with Gasteiger partial charge in [0.05, 0.1) is 0 Å². The summed E-state index contributed by atoms with van der Waals surface area (Å²) in [4.78, 5) is 30.8. The van der Waals surface area contributed by atoms with Crippen molar-refractivity contribution in [3.8, 4) is 16.9 Å². The van der Waals surface area contributed by atoms with Gasteiger partial charge in [0, 0.05) is 48.7 Å². The van der Waals surface area contributed by atoms with Gasteiger partial charge in [0.1, 0.15) is 18.0 Å². The Kier molecular flexibility index (Phi) is 5.18. The van der Waals surface area contributed by atoms with E-state index in [0.717, 1.165) is 5.56 Å². The van der Waals surface area contributed by atoms with Crippen LogP contribution in [0, 0.1) is 5.82 Å². The monoisotopic (exact) mass is 393 g/mol. The van der Waals surface area contributed by atoms with Crippen molar-refractivity contribution in [1.82, 2.24) is 19.9 Å². The molecule has 1 saturated heterocycles. The number of Topliss-reactive ketones (excluding diaryl/α,β-unsaturated/α-hetero) is 1. The number of aromatic nitrogens is 3. The van der Waals surface area contributed by atoms with Gasteiger partial charge in [0.25, 0.3) is 5.91 Å². The molecule has 3 N–H and O–H groups in total. The highest BCUT2D eigenvalue weighted by molar-refractivity contribution is 6.35. The topological polar surface area (TPSA) is 103 Å². The number of pyridine rings is 1. The second kappa shape index (κ2) is 7.92. The van der Waals surface area contributed by atoms with E-state index < -0.39 is 11.7 Å². The Morgan fingerprint density at radius 3 is 2.79 bits per heavy atom. The fourth-order valence-electron chi connectivity index (χ4n) is 3.67.